The number of esters is 3. The lowest BCUT2D eigenvalue weighted by Crippen LogP contribution is -2.30. The van der Waals surface area contributed by atoms with Gasteiger partial charge in [0.25, 0.3) is 0 Å². The molecule has 1 atom stereocenters. The van der Waals surface area contributed by atoms with Crippen LogP contribution in [-0.4, -0.2) is 37.2 Å². The van der Waals surface area contributed by atoms with E-state index in [2.05, 4.69) is 93.7 Å². The summed E-state index contributed by atoms with van der Waals surface area (Å²) >= 11 is 0. The largest absolute Gasteiger partial charge is 0.462 e. The van der Waals surface area contributed by atoms with Crippen LogP contribution in [-0.2, 0) is 28.6 Å². The third-order valence-corrected chi connectivity index (χ3v) is 8.96. The molecule has 0 amide bonds. The van der Waals surface area contributed by atoms with E-state index < -0.39 is 6.10 Å². The van der Waals surface area contributed by atoms with Crippen LogP contribution in [0.1, 0.15) is 194 Å². The number of rotatable bonds is 38. The second kappa shape index (κ2) is 42.6. The monoisotopic (exact) mass is 753 g/mol. The standard InChI is InChI=1S/C48H80O6/c1-4-7-10-13-16-18-20-22-24-26-28-30-32-35-38-41-47(50)53-44-45(43-52-46(49)40-37-34-15-12-9-6-3)54-48(51)42-39-36-33-31-29-27-25-23-21-19-17-14-11-8-5-2/h7-8,10-11,16-19,22-25,45H,4-6,9,12-15,20-21,26-44H2,1-3H3/b10-7-,11-8-,18-16-,19-17-,24-22-,25-23-. The minimum atomic E-state index is -0.786. The van der Waals surface area contributed by atoms with E-state index in [4.69, 9.17) is 14.2 Å². The van der Waals surface area contributed by atoms with Gasteiger partial charge in [-0.25, -0.2) is 0 Å². The molecule has 0 aromatic heterocycles. The summed E-state index contributed by atoms with van der Waals surface area (Å²) in [5.41, 5.74) is 0. The summed E-state index contributed by atoms with van der Waals surface area (Å²) in [6.45, 7) is 6.30. The molecule has 0 spiro atoms. The minimum absolute atomic E-state index is 0.0893. The Kier molecular flexibility index (Phi) is 40.1. The summed E-state index contributed by atoms with van der Waals surface area (Å²) in [5, 5.41) is 0. The Morgan fingerprint density at radius 1 is 0.389 bits per heavy atom. The van der Waals surface area contributed by atoms with Crippen molar-refractivity contribution >= 4 is 17.9 Å². The second-order valence-corrected chi connectivity index (χ2v) is 14.2. The van der Waals surface area contributed by atoms with Crippen molar-refractivity contribution in [2.45, 2.75) is 200 Å². The van der Waals surface area contributed by atoms with E-state index in [1.54, 1.807) is 0 Å². The van der Waals surface area contributed by atoms with E-state index in [0.29, 0.717) is 19.3 Å². The molecule has 308 valence electrons. The van der Waals surface area contributed by atoms with Crippen molar-refractivity contribution in [3.8, 4) is 0 Å². The van der Waals surface area contributed by atoms with E-state index in [9.17, 15) is 14.4 Å². The molecular formula is C48H80O6. The second-order valence-electron chi connectivity index (χ2n) is 14.2. The Bertz CT molecular complexity index is 1050. The van der Waals surface area contributed by atoms with Crippen LogP contribution in [0.15, 0.2) is 72.9 Å². The first-order chi connectivity index (χ1) is 26.5. The smallest absolute Gasteiger partial charge is 0.306 e. The minimum Gasteiger partial charge on any atom is -0.462 e. The van der Waals surface area contributed by atoms with Gasteiger partial charge in [-0.15, -0.1) is 0 Å². The van der Waals surface area contributed by atoms with E-state index in [1.165, 1.54) is 19.3 Å². The molecule has 0 aliphatic rings. The molecule has 0 aliphatic heterocycles. The first kappa shape index (κ1) is 50.9. The van der Waals surface area contributed by atoms with Gasteiger partial charge in [0.1, 0.15) is 13.2 Å². The number of hydrogen-bond donors (Lipinski definition) is 0. The quantitative estimate of drug-likeness (QED) is 0.0270. The van der Waals surface area contributed by atoms with Crippen LogP contribution < -0.4 is 0 Å². The zero-order valence-corrected chi connectivity index (χ0v) is 35.0. The van der Waals surface area contributed by atoms with Crippen LogP contribution in [0.3, 0.4) is 0 Å². The van der Waals surface area contributed by atoms with E-state index in [-0.39, 0.29) is 31.1 Å². The number of ether oxygens (including phenoxy) is 3. The SMILES string of the molecule is CC/C=C\C/C=C\C/C=C\CCCCCCCC(=O)OCC(COC(=O)CCCCCCCC)OC(=O)CCCCCCC/C=C\C/C=C\C/C=C\CC. The van der Waals surface area contributed by atoms with Gasteiger partial charge in [-0.1, -0.05) is 164 Å². The molecule has 0 saturated heterocycles. The van der Waals surface area contributed by atoms with Crippen molar-refractivity contribution in [2.75, 3.05) is 13.2 Å². The average Bonchev–Trinajstić information content (AvgIpc) is 3.17. The lowest BCUT2D eigenvalue weighted by atomic mass is 10.1. The van der Waals surface area contributed by atoms with Crippen molar-refractivity contribution in [3.63, 3.8) is 0 Å². The van der Waals surface area contributed by atoms with Gasteiger partial charge in [0.2, 0.25) is 0 Å². The van der Waals surface area contributed by atoms with Crippen LogP contribution >= 0.6 is 0 Å². The van der Waals surface area contributed by atoms with Crippen molar-refractivity contribution in [1.29, 1.82) is 0 Å². The number of carbonyl (C=O) groups excluding carboxylic acids is 3. The highest BCUT2D eigenvalue weighted by Gasteiger charge is 2.19. The molecule has 1 unspecified atom stereocenters. The maximum atomic E-state index is 12.7. The van der Waals surface area contributed by atoms with Crippen molar-refractivity contribution in [3.05, 3.63) is 72.9 Å². The third kappa shape index (κ3) is 40.0. The molecule has 0 radical (unpaired) electrons. The Morgan fingerprint density at radius 3 is 1.13 bits per heavy atom. The van der Waals surface area contributed by atoms with Crippen molar-refractivity contribution in [2.24, 2.45) is 0 Å². The first-order valence-electron chi connectivity index (χ1n) is 21.9. The number of carbonyl (C=O) groups is 3. The molecule has 54 heavy (non-hydrogen) atoms. The van der Waals surface area contributed by atoms with Crippen LogP contribution in [0.2, 0.25) is 0 Å². The predicted molar refractivity (Wildman–Crippen MR) is 228 cm³/mol. The Balaban J connectivity index is 4.35. The van der Waals surface area contributed by atoms with Gasteiger partial charge < -0.3 is 14.2 Å². The zero-order valence-electron chi connectivity index (χ0n) is 35.0. The number of hydrogen-bond acceptors (Lipinski definition) is 6. The van der Waals surface area contributed by atoms with Crippen molar-refractivity contribution < 1.29 is 28.6 Å². The van der Waals surface area contributed by atoms with Gasteiger partial charge in [-0.05, 0) is 83.5 Å². The molecule has 6 heteroatoms. The van der Waals surface area contributed by atoms with E-state index >= 15 is 0 Å². The highest BCUT2D eigenvalue weighted by molar-refractivity contribution is 5.71. The molecule has 0 aromatic rings. The summed E-state index contributed by atoms with van der Waals surface area (Å²) in [6.07, 6.45) is 51.9. The third-order valence-electron chi connectivity index (χ3n) is 8.96. The maximum absolute atomic E-state index is 12.7. The van der Waals surface area contributed by atoms with Gasteiger partial charge in [-0.2, -0.15) is 0 Å². The summed E-state index contributed by atoms with van der Waals surface area (Å²) in [7, 11) is 0. The van der Waals surface area contributed by atoms with Crippen LogP contribution in [0.5, 0.6) is 0 Å². The highest BCUT2D eigenvalue weighted by Crippen LogP contribution is 2.12. The topological polar surface area (TPSA) is 78.9 Å². The number of allylic oxidation sites excluding steroid dienone is 12. The fraction of sp³-hybridized carbons (Fsp3) is 0.688. The van der Waals surface area contributed by atoms with Crippen LogP contribution in [0.4, 0.5) is 0 Å². The molecule has 0 saturated carbocycles. The molecule has 0 heterocycles. The van der Waals surface area contributed by atoms with Crippen molar-refractivity contribution in [1.82, 2.24) is 0 Å². The average molecular weight is 753 g/mol. The summed E-state index contributed by atoms with van der Waals surface area (Å²) < 4.78 is 16.6. The molecule has 0 fully saturated rings. The molecule has 0 N–H and O–H groups in total. The molecular weight excluding hydrogens is 673 g/mol. The lowest BCUT2D eigenvalue weighted by molar-refractivity contribution is -0.167. The van der Waals surface area contributed by atoms with Gasteiger partial charge in [-0.3, -0.25) is 14.4 Å². The fourth-order valence-electron chi connectivity index (χ4n) is 5.70. The summed E-state index contributed by atoms with van der Waals surface area (Å²) in [5.74, 6) is -0.941. The fourth-order valence-corrected chi connectivity index (χ4v) is 5.70. The highest BCUT2D eigenvalue weighted by atomic mass is 16.6. The molecule has 6 nitrogen and oxygen atoms in total. The number of unbranched alkanes of at least 4 members (excludes halogenated alkanes) is 15. The predicted octanol–water partition coefficient (Wildman–Crippen LogP) is 13.9. The van der Waals surface area contributed by atoms with E-state index in [0.717, 1.165) is 135 Å². The Morgan fingerprint density at radius 2 is 0.722 bits per heavy atom. The summed E-state index contributed by atoms with van der Waals surface area (Å²) in [6, 6.07) is 0. The lowest BCUT2D eigenvalue weighted by Gasteiger charge is -2.18. The van der Waals surface area contributed by atoms with Gasteiger partial charge in [0, 0.05) is 19.3 Å². The van der Waals surface area contributed by atoms with Gasteiger partial charge in [0.15, 0.2) is 6.10 Å². The molecule has 0 bridgehead atoms. The molecule has 0 rings (SSSR count). The zero-order chi connectivity index (χ0) is 39.4. The Hall–Kier alpha value is -3.15. The van der Waals surface area contributed by atoms with Gasteiger partial charge in [0.05, 0.1) is 0 Å². The normalized spacial score (nSPS) is 12.7. The summed E-state index contributed by atoms with van der Waals surface area (Å²) in [4.78, 5) is 37.5. The molecule has 0 aliphatic carbocycles. The molecule has 0 aromatic carbocycles. The maximum Gasteiger partial charge on any atom is 0.306 e. The van der Waals surface area contributed by atoms with Gasteiger partial charge >= 0.3 is 17.9 Å². The first-order valence-corrected chi connectivity index (χ1v) is 21.9. The van der Waals surface area contributed by atoms with Crippen LogP contribution in [0.25, 0.3) is 0 Å². The van der Waals surface area contributed by atoms with E-state index in [1.807, 2.05) is 0 Å². The Labute approximate surface area is 332 Å². The van der Waals surface area contributed by atoms with Crippen LogP contribution in [0, 0.1) is 0 Å².